The Morgan fingerprint density at radius 2 is 2.17 bits per heavy atom. The number of thioether (sulfide) groups is 1. The van der Waals surface area contributed by atoms with Crippen molar-refractivity contribution < 1.29 is 4.74 Å². The molecule has 0 aliphatic carbocycles. The number of ether oxygens (including phenoxy) is 1. The molecule has 4 nitrogen and oxygen atoms in total. The first-order chi connectivity index (χ1) is 8.83. The van der Waals surface area contributed by atoms with Crippen molar-refractivity contribution in [2.24, 2.45) is 0 Å². The highest BCUT2D eigenvalue weighted by Gasteiger charge is 2.07. The molecule has 5 heteroatoms. The lowest BCUT2D eigenvalue weighted by Gasteiger charge is -2.05. The van der Waals surface area contributed by atoms with Gasteiger partial charge in [-0.25, -0.2) is 4.98 Å². The molecular formula is C13H17N3OS. The fourth-order valence-corrected chi connectivity index (χ4v) is 2.14. The zero-order valence-electron chi connectivity index (χ0n) is 10.6. The van der Waals surface area contributed by atoms with E-state index in [4.69, 9.17) is 4.74 Å². The summed E-state index contributed by atoms with van der Waals surface area (Å²) >= 11 is 1.80. The zero-order chi connectivity index (χ0) is 12.8. The molecule has 96 valence electrons. The Kier molecular flexibility index (Phi) is 4.64. The number of hydrogen-bond donors (Lipinski definition) is 1. The van der Waals surface area contributed by atoms with Crippen molar-refractivity contribution >= 4 is 11.8 Å². The molecule has 0 spiro atoms. The minimum absolute atomic E-state index is 0.719. The largest absolute Gasteiger partial charge is 0.496 e. The molecule has 0 radical (unpaired) electrons. The molecule has 2 aromatic rings. The van der Waals surface area contributed by atoms with Gasteiger partial charge in [0, 0.05) is 24.2 Å². The van der Waals surface area contributed by atoms with Crippen molar-refractivity contribution in [1.29, 1.82) is 0 Å². The van der Waals surface area contributed by atoms with Crippen molar-refractivity contribution in [3.63, 3.8) is 0 Å². The highest BCUT2D eigenvalue weighted by atomic mass is 32.2. The van der Waals surface area contributed by atoms with Crippen molar-refractivity contribution in [1.82, 2.24) is 15.2 Å². The van der Waals surface area contributed by atoms with Gasteiger partial charge >= 0.3 is 0 Å². The number of hydrogen-bond acceptors (Lipinski definition) is 4. The van der Waals surface area contributed by atoms with E-state index in [1.807, 2.05) is 24.3 Å². The normalized spacial score (nSPS) is 10.6. The van der Waals surface area contributed by atoms with E-state index in [1.165, 1.54) is 0 Å². The molecule has 2 rings (SSSR count). The minimum Gasteiger partial charge on any atom is -0.496 e. The molecule has 0 saturated heterocycles. The van der Waals surface area contributed by atoms with Crippen LogP contribution in [0.5, 0.6) is 5.75 Å². The molecule has 0 bridgehead atoms. The van der Waals surface area contributed by atoms with Crippen LogP contribution < -0.4 is 4.74 Å². The third-order valence-electron chi connectivity index (χ3n) is 2.66. The smallest absolute Gasteiger partial charge is 0.151 e. The molecule has 1 heterocycles. The van der Waals surface area contributed by atoms with Crippen molar-refractivity contribution in [2.75, 3.05) is 19.1 Å². The molecule has 0 atom stereocenters. The van der Waals surface area contributed by atoms with E-state index in [0.717, 1.165) is 41.6 Å². The summed E-state index contributed by atoms with van der Waals surface area (Å²) in [7, 11) is 1.68. The average molecular weight is 263 g/mol. The molecule has 18 heavy (non-hydrogen) atoms. The lowest BCUT2D eigenvalue weighted by molar-refractivity contribution is 0.410. The highest BCUT2D eigenvalue weighted by molar-refractivity contribution is 7.98. The van der Waals surface area contributed by atoms with E-state index in [9.17, 15) is 0 Å². The van der Waals surface area contributed by atoms with Gasteiger partial charge in [-0.3, -0.25) is 5.10 Å². The van der Waals surface area contributed by atoms with Gasteiger partial charge in [-0.15, -0.1) is 0 Å². The van der Waals surface area contributed by atoms with Gasteiger partial charge in [0.15, 0.2) is 5.82 Å². The van der Waals surface area contributed by atoms with Crippen LogP contribution in [0.3, 0.4) is 0 Å². The zero-order valence-corrected chi connectivity index (χ0v) is 11.5. The molecule has 0 amide bonds. The van der Waals surface area contributed by atoms with E-state index < -0.39 is 0 Å². The third-order valence-corrected chi connectivity index (χ3v) is 3.27. The monoisotopic (exact) mass is 263 g/mol. The highest BCUT2D eigenvalue weighted by Crippen LogP contribution is 2.19. The maximum atomic E-state index is 5.32. The fourth-order valence-electron chi connectivity index (χ4n) is 1.75. The third kappa shape index (κ3) is 3.26. The molecule has 0 fully saturated rings. The van der Waals surface area contributed by atoms with Crippen LogP contribution in [0.2, 0.25) is 0 Å². The summed E-state index contributed by atoms with van der Waals surface area (Å²) < 4.78 is 5.32. The summed E-state index contributed by atoms with van der Waals surface area (Å²) in [5.74, 6) is 3.70. The minimum atomic E-state index is 0.719. The van der Waals surface area contributed by atoms with Gasteiger partial charge in [0.25, 0.3) is 0 Å². The van der Waals surface area contributed by atoms with Crippen LogP contribution in [0.1, 0.15) is 17.2 Å². The summed E-state index contributed by atoms with van der Waals surface area (Å²) in [6.07, 6.45) is 3.71. The molecule has 0 unspecified atom stereocenters. The van der Waals surface area contributed by atoms with Gasteiger partial charge < -0.3 is 4.74 Å². The summed E-state index contributed by atoms with van der Waals surface area (Å²) in [5, 5.41) is 7.20. The number of methoxy groups -OCH3 is 1. The lowest BCUT2D eigenvalue weighted by Crippen LogP contribution is -1.95. The molecule has 1 aromatic carbocycles. The standard InChI is InChI=1S/C13H17N3OS/c1-17-11-6-4-3-5-10(11)9-13-14-12(15-16-13)7-8-18-2/h3-6H,7-9H2,1-2H3,(H,14,15,16). The number of para-hydroxylation sites is 1. The first-order valence-corrected chi connectivity index (χ1v) is 7.24. The van der Waals surface area contributed by atoms with Gasteiger partial charge in [0.2, 0.25) is 0 Å². The Labute approximate surface area is 111 Å². The van der Waals surface area contributed by atoms with Crippen molar-refractivity contribution in [3.05, 3.63) is 41.5 Å². The number of nitrogens with one attached hydrogen (secondary N) is 1. The second-order valence-corrected chi connectivity index (χ2v) is 4.92. The second kappa shape index (κ2) is 6.44. The van der Waals surface area contributed by atoms with Gasteiger partial charge in [0.1, 0.15) is 11.6 Å². The predicted octanol–water partition coefficient (Wildman–Crippen LogP) is 2.31. The van der Waals surface area contributed by atoms with Gasteiger partial charge in [-0.2, -0.15) is 16.9 Å². The van der Waals surface area contributed by atoms with Crippen molar-refractivity contribution in [2.45, 2.75) is 12.8 Å². The predicted molar refractivity (Wildman–Crippen MR) is 74.3 cm³/mol. The molecule has 0 saturated carbocycles. The SMILES string of the molecule is COc1ccccc1Cc1nc(CCSC)n[nH]1. The number of nitrogens with zero attached hydrogens (tertiary/aromatic N) is 2. The number of H-pyrrole nitrogens is 1. The number of aromatic nitrogens is 3. The Balaban J connectivity index is 2.06. The Hall–Kier alpha value is -1.49. The van der Waals surface area contributed by atoms with Crippen LogP contribution in [-0.4, -0.2) is 34.3 Å². The van der Waals surface area contributed by atoms with E-state index >= 15 is 0 Å². The van der Waals surface area contributed by atoms with Crippen LogP contribution >= 0.6 is 11.8 Å². The van der Waals surface area contributed by atoms with E-state index in [-0.39, 0.29) is 0 Å². The maximum Gasteiger partial charge on any atom is 0.151 e. The molecular weight excluding hydrogens is 246 g/mol. The van der Waals surface area contributed by atoms with E-state index in [2.05, 4.69) is 21.4 Å². The van der Waals surface area contributed by atoms with Crippen LogP contribution in [-0.2, 0) is 12.8 Å². The lowest BCUT2D eigenvalue weighted by atomic mass is 10.1. The van der Waals surface area contributed by atoms with Gasteiger partial charge in [0.05, 0.1) is 7.11 Å². The Morgan fingerprint density at radius 1 is 1.33 bits per heavy atom. The number of aryl methyl sites for hydroxylation is 1. The summed E-state index contributed by atoms with van der Waals surface area (Å²) in [6, 6.07) is 7.97. The quantitative estimate of drug-likeness (QED) is 0.869. The fraction of sp³-hybridized carbons (Fsp3) is 0.385. The summed E-state index contributed by atoms with van der Waals surface area (Å²) in [4.78, 5) is 4.48. The first kappa shape index (κ1) is 13.0. The van der Waals surface area contributed by atoms with Gasteiger partial charge in [-0.05, 0) is 12.3 Å². The van der Waals surface area contributed by atoms with Crippen LogP contribution in [0, 0.1) is 0 Å². The van der Waals surface area contributed by atoms with Crippen LogP contribution in [0.15, 0.2) is 24.3 Å². The van der Waals surface area contributed by atoms with Crippen molar-refractivity contribution in [3.8, 4) is 5.75 Å². The number of rotatable bonds is 6. The summed E-state index contributed by atoms with van der Waals surface area (Å²) in [6.45, 7) is 0. The van der Waals surface area contributed by atoms with Gasteiger partial charge in [-0.1, -0.05) is 18.2 Å². The maximum absolute atomic E-state index is 5.32. The number of benzene rings is 1. The van der Waals surface area contributed by atoms with E-state index in [1.54, 1.807) is 18.9 Å². The first-order valence-electron chi connectivity index (χ1n) is 5.84. The van der Waals surface area contributed by atoms with E-state index in [0.29, 0.717) is 0 Å². The Morgan fingerprint density at radius 3 is 2.94 bits per heavy atom. The van der Waals surface area contributed by atoms with Crippen LogP contribution in [0.4, 0.5) is 0 Å². The molecule has 1 aromatic heterocycles. The molecule has 0 aliphatic heterocycles. The van der Waals surface area contributed by atoms with Crippen LogP contribution in [0.25, 0.3) is 0 Å². The number of aromatic amines is 1. The molecule has 1 N–H and O–H groups in total. The molecule has 0 aliphatic rings. The summed E-state index contributed by atoms with van der Waals surface area (Å²) in [5.41, 5.74) is 1.12. The second-order valence-electron chi connectivity index (χ2n) is 3.93. The Bertz CT molecular complexity index is 498. The topological polar surface area (TPSA) is 50.8 Å². The average Bonchev–Trinajstić information content (AvgIpc) is 2.84.